The van der Waals surface area contributed by atoms with Crippen molar-refractivity contribution in [1.29, 1.82) is 0 Å². The zero-order valence-corrected chi connectivity index (χ0v) is 19.0. The van der Waals surface area contributed by atoms with Crippen molar-refractivity contribution >= 4 is 38.6 Å². The van der Waals surface area contributed by atoms with Crippen molar-refractivity contribution in [3.05, 3.63) is 35.4 Å². The van der Waals surface area contributed by atoms with Crippen molar-refractivity contribution in [1.82, 2.24) is 19.9 Å². The molecular formula is C19H28N4O2Si2. The summed E-state index contributed by atoms with van der Waals surface area (Å²) in [5.41, 5.74) is 1.01. The van der Waals surface area contributed by atoms with Crippen LogP contribution < -0.4 is 10.6 Å². The molecule has 27 heavy (non-hydrogen) atoms. The van der Waals surface area contributed by atoms with Crippen LogP contribution in [0.1, 0.15) is 27.1 Å². The number of hydrogen-bond donors (Lipinski definition) is 0. The minimum Gasteiger partial charge on any atom is -0.274 e. The summed E-state index contributed by atoms with van der Waals surface area (Å²) in [5, 5.41) is 11.5. The number of benzene rings is 1. The molecule has 0 bridgehead atoms. The first-order valence-electron chi connectivity index (χ1n) is 9.41. The lowest BCUT2D eigenvalue weighted by Gasteiger charge is -2.24. The van der Waals surface area contributed by atoms with Crippen LogP contribution in [0.25, 0.3) is 0 Å². The number of aromatic nitrogens is 3. The third kappa shape index (κ3) is 3.68. The topological polar surface area (TPSA) is 68.1 Å². The zero-order valence-electron chi connectivity index (χ0n) is 17.0. The third-order valence-corrected chi connectivity index (χ3v) is 8.71. The van der Waals surface area contributed by atoms with E-state index in [0.29, 0.717) is 30.6 Å². The highest BCUT2D eigenvalue weighted by Gasteiger charge is 2.36. The summed E-state index contributed by atoms with van der Waals surface area (Å²) in [5.74, 6) is -0.384. The lowest BCUT2D eigenvalue weighted by Crippen LogP contribution is -2.58. The Hall–Kier alpha value is -2.07. The van der Waals surface area contributed by atoms with Gasteiger partial charge in [0, 0.05) is 18.4 Å². The van der Waals surface area contributed by atoms with Gasteiger partial charge in [-0.15, -0.1) is 5.10 Å². The highest BCUT2D eigenvalue weighted by atomic mass is 28.3. The van der Waals surface area contributed by atoms with Gasteiger partial charge < -0.3 is 0 Å². The summed E-state index contributed by atoms with van der Waals surface area (Å²) in [4.78, 5) is 26.3. The van der Waals surface area contributed by atoms with Crippen molar-refractivity contribution in [2.75, 3.05) is 6.54 Å². The van der Waals surface area contributed by atoms with E-state index in [-0.39, 0.29) is 11.8 Å². The Morgan fingerprint density at radius 3 is 1.89 bits per heavy atom. The van der Waals surface area contributed by atoms with Gasteiger partial charge in [-0.05, 0) is 18.6 Å². The first-order chi connectivity index (χ1) is 12.5. The molecule has 0 saturated carbocycles. The Kier molecular flexibility index (Phi) is 4.98. The molecule has 0 radical (unpaired) electrons. The first-order valence-corrected chi connectivity index (χ1v) is 16.4. The number of fused-ring (bicyclic) bond motifs is 1. The van der Waals surface area contributed by atoms with Crippen LogP contribution in [0.4, 0.5) is 0 Å². The van der Waals surface area contributed by atoms with Crippen molar-refractivity contribution in [2.24, 2.45) is 0 Å². The predicted molar refractivity (Wildman–Crippen MR) is 112 cm³/mol. The van der Waals surface area contributed by atoms with Gasteiger partial charge in [0.05, 0.1) is 16.4 Å². The van der Waals surface area contributed by atoms with Crippen LogP contribution in [-0.4, -0.2) is 54.4 Å². The number of imide groups is 1. The number of carbonyl (C=O) groups excluding carboxylic acids is 2. The Morgan fingerprint density at radius 2 is 1.41 bits per heavy atom. The van der Waals surface area contributed by atoms with Crippen molar-refractivity contribution in [3.63, 3.8) is 0 Å². The van der Waals surface area contributed by atoms with Gasteiger partial charge in [-0.3, -0.25) is 19.2 Å². The number of nitrogens with zero attached hydrogens (tertiary/aromatic N) is 4. The molecule has 1 aromatic heterocycles. The van der Waals surface area contributed by atoms with Crippen LogP contribution in [0.3, 0.4) is 0 Å². The van der Waals surface area contributed by atoms with E-state index in [1.807, 2.05) is 4.68 Å². The molecule has 1 aromatic carbocycles. The largest absolute Gasteiger partial charge is 0.274 e. The second kappa shape index (κ2) is 6.83. The van der Waals surface area contributed by atoms with Crippen LogP contribution >= 0.6 is 0 Å². The molecule has 0 atom stereocenters. The van der Waals surface area contributed by atoms with Crippen molar-refractivity contribution in [2.45, 2.75) is 52.2 Å². The summed E-state index contributed by atoms with van der Waals surface area (Å²) in [6.45, 7) is 14.9. The highest BCUT2D eigenvalue weighted by molar-refractivity contribution is 6.97. The van der Waals surface area contributed by atoms with E-state index in [2.05, 4.69) is 49.6 Å². The van der Waals surface area contributed by atoms with Gasteiger partial charge in [-0.25, -0.2) is 0 Å². The number of aryl methyl sites for hydroxylation is 1. The fourth-order valence-electron chi connectivity index (χ4n) is 3.54. The summed E-state index contributed by atoms with van der Waals surface area (Å²) in [7, 11) is -3.19. The fourth-order valence-corrected chi connectivity index (χ4v) is 8.66. The minimum atomic E-state index is -1.62. The van der Waals surface area contributed by atoms with Crippen LogP contribution in [0, 0.1) is 0 Å². The molecular weight excluding hydrogens is 372 g/mol. The Bertz CT molecular complexity index is 859. The first kappa shape index (κ1) is 19.7. The minimum absolute atomic E-state index is 0.192. The quantitative estimate of drug-likeness (QED) is 0.550. The summed E-state index contributed by atoms with van der Waals surface area (Å²) in [6, 6.07) is 7.02. The molecule has 2 heterocycles. The zero-order chi connectivity index (χ0) is 20.0. The maximum absolute atomic E-state index is 12.5. The van der Waals surface area contributed by atoms with E-state index in [9.17, 15) is 9.59 Å². The molecule has 8 heteroatoms. The molecule has 2 aromatic rings. The molecule has 1 aliphatic rings. The maximum Gasteiger partial charge on any atom is 0.261 e. The van der Waals surface area contributed by atoms with E-state index < -0.39 is 16.1 Å². The lowest BCUT2D eigenvalue weighted by molar-refractivity contribution is 0.0650. The number of carbonyl (C=O) groups is 2. The van der Waals surface area contributed by atoms with E-state index in [1.165, 1.54) is 15.5 Å². The SMILES string of the molecule is C[Si](C)(C)c1nnn(CCCN2C(=O)c3ccccc3C2=O)c1[Si](C)(C)C. The lowest BCUT2D eigenvalue weighted by atomic mass is 10.1. The second-order valence-electron chi connectivity index (χ2n) is 9.17. The number of amides is 2. The van der Waals surface area contributed by atoms with Gasteiger partial charge >= 0.3 is 0 Å². The summed E-state index contributed by atoms with van der Waals surface area (Å²) < 4.78 is 2.03. The van der Waals surface area contributed by atoms with Gasteiger partial charge in [-0.1, -0.05) is 56.6 Å². The van der Waals surface area contributed by atoms with Gasteiger partial charge in [0.1, 0.15) is 16.1 Å². The maximum atomic E-state index is 12.5. The van der Waals surface area contributed by atoms with Crippen LogP contribution in [-0.2, 0) is 6.54 Å². The molecule has 0 unspecified atom stereocenters. The number of hydrogen-bond acceptors (Lipinski definition) is 4. The number of rotatable bonds is 6. The normalized spacial score (nSPS) is 14.8. The molecule has 0 fully saturated rings. The van der Waals surface area contributed by atoms with Gasteiger partial charge in [0.15, 0.2) is 0 Å². The average molecular weight is 401 g/mol. The van der Waals surface area contributed by atoms with Crippen LogP contribution in [0.15, 0.2) is 24.3 Å². The van der Waals surface area contributed by atoms with Crippen LogP contribution in [0.2, 0.25) is 39.3 Å². The molecule has 0 N–H and O–H groups in total. The van der Waals surface area contributed by atoms with Crippen molar-refractivity contribution < 1.29 is 9.59 Å². The van der Waals surface area contributed by atoms with E-state index in [0.717, 1.165) is 0 Å². The molecule has 1 aliphatic heterocycles. The standard InChI is InChI=1S/C19H28N4O2Si2/c1-26(2,3)16-19(27(4,5)6)23(21-20-16)13-9-12-22-17(24)14-10-7-8-11-15(14)18(22)25/h7-8,10-11H,9,12-13H2,1-6H3. The average Bonchev–Trinajstić information content (AvgIpc) is 3.10. The molecule has 0 spiro atoms. The molecule has 144 valence electrons. The Morgan fingerprint density at radius 1 is 0.852 bits per heavy atom. The summed E-state index contributed by atoms with van der Waals surface area (Å²) in [6.07, 6.45) is 0.678. The monoisotopic (exact) mass is 400 g/mol. The fraction of sp³-hybridized carbons (Fsp3) is 0.474. The van der Waals surface area contributed by atoms with Gasteiger partial charge in [0.2, 0.25) is 0 Å². The van der Waals surface area contributed by atoms with Crippen molar-refractivity contribution in [3.8, 4) is 0 Å². The molecule has 6 nitrogen and oxygen atoms in total. The molecule has 3 rings (SSSR count). The highest BCUT2D eigenvalue weighted by Crippen LogP contribution is 2.22. The Balaban J connectivity index is 1.75. The van der Waals surface area contributed by atoms with E-state index in [1.54, 1.807) is 24.3 Å². The van der Waals surface area contributed by atoms with E-state index in [4.69, 9.17) is 0 Å². The van der Waals surface area contributed by atoms with Gasteiger partial charge in [0.25, 0.3) is 11.8 Å². The Labute approximate surface area is 162 Å². The van der Waals surface area contributed by atoms with Gasteiger partial charge in [-0.2, -0.15) is 0 Å². The van der Waals surface area contributed by atoms with E-state index >= 15 is 0 Å². The predicted octanol–water partition coefficient (Wildman–Crippen LogP) is 2.05. The summed E-state index contributed by atoms with van der Waals surface area (Å²) >= 11 is 0. The smallest absolute Gasteiger partial charge is 0.261 e. The molecule has 0 saturated heterocycles. The second-order valence-corrected chi connectivity index (χ2v) is 19.1. The van der Waals surface area contributed by atoms with Crippen LogP contribution in [0.5, 0.6) is 0 Å². The molecule has 0 aliphatic carbocycles. The third-order valence-electron chi connectivity index (χ3n) is 4.79. The molecule has 2 amide bonds.